The Balaban J connectivity index is 0. The van der Waals surface area contributed by atoms with Gasteiger partial charge < -0.3 is 29.7 Å². The number of aryl methyl sites for hydroxylation is 2. The van der Waals surface area contributed by atoms with Gasteiger partial charge in [-0.2, -0.15) is 0 Å². The Morgan fingerprint density at radius 1 is 0.722 bits per heavy atom. The summed E-state index contributed by atoms with van der Waals surface area (Å²) in [6, 6.07) is 34.6. The van der Waals surface area contributed by atoms with E-state index in [2.05, 4.69) is 84.9 Å². The number of aldehydes is 1. The molecule has 0 spiro atoms. The summed E-state index contributed by atoms with van der Waals surface area (Å²) in [5.74, 6) is 3.19. The fraction of sp³-hybridized carbons (Fsp3) is 0.500. The van der Waals surface area contributed by atoms with Crippen LogP contribution in [0.25, 0.3) is 0 Å². The SMILES string of the molecule is C.C.CCCCCCCCCC[n+]1ccn(CCCC)c1.COc1ccccc1N.COc1ccccc1NC(c1ccccc1)C1CCCCC1=O.C[Si](C)(C)OC1=CCCCC1.O=Cc1ccccc1.[F-].[F][Sb]([F])([F])([F])[F]. The van der Waals surface area contributed by atoms with E-state index in [0.717, 1.165) is 53.9 Å². The van der Waals surface area contributed by atoms with E-state index < -0.39 is 28.6 Å². The summed E-state index contributed by atoms with van der Waals surface area (Å²) in [6.07, 6.45) is 32.4. The van der Waals surface area contributed by atoms with Crippen molar-refractivity contribution in [2.75, 3.05) is 25.3 Å². The molecular formula is C62H97F6N4O5SbSi. The van der Waals surface area contributed by atoms with Crippen LogP contribution in [0.2, 0.25) is 19.6 Å². The zero-order valence-corrected chi connectivity index (χ0v) is 50.4. The fourth-order valence-electron chi connectivity index (χ4n) is 8.34. The van der Waals surface area contributed by atoms with Gasteiger partial charge in [0.1, 0.15) is 36.0 Å². The molecule has 79 heavy (non-hydrogen) atoms. The van der Waals surface area contributed by atoms with Crippen molar-refractivity contribution >= 4 is 52.1 Å². The molecule has 2 aliphatic carbocycles. The summed E-state index contributed by atoms with van der Waals surface area (Å²) in [5.41, 5.74) is 9.00. The molecule has 7 rings (SSSR count). The molecule has 5 aromatic rings. The molecule has 9 nitrogen and oxygen atoms in total. The van der Waals surface area contributed by atoms with Crippen molar-refractivity contribution in [3.63, 3.8) is 0 Å². The Bertz CT molecular complexity index is 2330. The first-order chi connectivity index (χ1) is 36.2. The Morgan fingerprint density at radius 2 is 1.25 bits per heavy atom. The van der Waals surface area contributed by atoms with Crippen molar-refractivity contribution in [2.45, 2.75) is 183 Å². The number of nitrogens with one attached hydrogen (secondary N) is 1. The number of methoxy groups -OCH3 is 2. The molecule has 2 unspecified atom stereocenters. The quantitative estimate of drug-likeness (QED) is 0.0188. The average molecular weight is 1240 g/mol. The first-order valence-corrected chi connectivity index (χ1v) is 35.4. The number of carbonyl (C=O) groups excluding carboxylic acids is 2. The number of anilines is 2. The number of nitrogens with zero attached hydrogens (tertiary/aromatic N) is 2. The predicted molar refractivity (Wildman–Crippen MR) is 320 cm³/mol. The molecule has 1 saturated carbocycles. The van der Waals surface area contributed by atoms with Crippen molar-refractivity contribution in [3.8, 4) is 11.5 Å². The van der Waals surface area contributed by atoms with Crippen LogP contribution in [0, 0.1) is 5.92 Å². The molecule has 1 fully saturated rings. The number of hydrogen-bond acceptors (Lipinski definition) is 7. The maximum absolute atomic E-state index is 12.5. The summed E-state index contributed by atoms with van der Waals surface area (Å²) < 4.78 is 70.5. The van der Waals surface area contributed by atoms with E-state index in [9.17, 15) is 23.7 Å². The predicted octanol–water partition coefficient (Wildman–Crippen LogP) is 15.4. The third-order valence-corrected chi connectivity index (χ3v) is 13.0. The first kappa shape index (κ1) is 75.9. The number of hydrogen-bond donors (Lipinski definition) is 2. The number of ether oxygens (including phenoxy) is 2. The molecule has 4 aromatic carbocycles. The van der Waals surface area contributed by atoms with Crippen molar-refractivity contribution in [3.05, 3.63) is 151 Å². The third kappa shape index (κ3) is 38.1. The summed E-state index contributed by atoms with van der Waals surface area (Å²) in [4.78, 5) is 22.5. The second-order valence-electron chi connectivity index (χ2n) is 19.8. The number of allylic oxidation sites excluding steroid dienone is 2. The van der Waals surface area contributed by atoms with Crippen LogP contribution in [0.4, 0.5) is 25.4 Å². The number of ketones is 1. The molecule has 0 bridgehead atoms. The van der Waals surface area contributed by atoms with E-state index in [1.807, 2.05) is 78.9 Å². The number of rotatable bonds is 21. The summed E-state index contributed by atoms with van der Waals surface area (Å²) >= 11 is -9.19. The molecular weight excluding hydrogens is 1140 g/mol. The Morgan fingerprint density at radius 3 is 1.76 bits per heavy atom. The molecule has 2 atom stereocenters. The number of nitrogen functional groups attached to an aromatic ring is 1. The van der Waals surface area contributed by atoms with Gasteiger partial charge in [-0.05, 0) is 107 Å². The number of halogens is 6. The zero-order valence-electron chi connectivity index (χ0n) is 46.8. The van der Waals surface area contributed by atoms with Gasteiger partial charge >= 0.3 is 34.4 Å². The van der Waals surface area contributed by atoms with Crippen LogP contribution < -0.4 is 29.8 Å². The van der Waals surface area contributed by atoms with E-state index in [0.29, 0.717) is 17.9 Å². The Labute approximate surface area is 477 Å². The monoisotopic (exact) mass is 1240 g/mol. The molecule has 17 heteroatoms. The van der Waals surface area contributed by atoms with Crippen LogP contribution >= 0.6 is 0 Å². The first-order valence-electron chi connectivity index (χ1n) is 27.1. The molecule has 1 aromatic heterocycles. The normalized spacial score (nSPS) is 14.3. The number of imidazole rings is 1. The third-order valence-electron chi connectivity index (χ3n) is 12.1. The van der Waals surface area contributed by atoms with Gasteiger partial charge in [0, 0.05) is 24.3 Å². The number of Topliss-reactive ketones (excluding diaryl/α,β-unsaturated/α-hetero) is 1. The van der Waals surface area contributed by atoms with E-state index in [-0.39, 0.29) is 31.5 Å². The van der Waals surface area contributed by atoms with Crippen molar-refractivity contribution in [2.24, 2.45) is 5.92 Å². The van der Waals surface area contributed by atoms with Gasteiger partial charge in [0.15, 0.2) is 0 Å². The van der Waals surface area contributed by atoms with Crippen LogP contribution in [-0.4, -0.2) is 59.5 Å². The number of para-hydroxylation sites is 4. The van der Waals surface area contributed by atoms with Crippen LogP contribution in [-0.2, 0) is 22.3 Å². The van der Waals surface area contributed by atoms with Crippen LogP contribution in [0.1, 0.15) is 166 Å². The maximum atomic E-state index is 12.5. The van der Waals surface area contributed by atoms with Gasteiger partial charge in [-0.25, -0.2) is 9.13 Å². The van der Waals surface area contributed by atoms with E-state index in [1.54, 1.807) is 32.4 Å². The molecule has 2 aliphatic rings. The fourth-order valence-corrected chi connectivity index (χ4v) is 9.31. The second kappa shape index (κ2) is 42.6. The van der Waals surface area contributed by atoms with Gasteiger partial charge in [0.05, 0.1) is 50.5 Å². The Kier molecular flexibility index (Phi) is 40.9. The zero-order chi connectivity index (χ0) is 56.1. The topological polar surface area (TPSA) is 109 Å². The van der Waals surface area contributed by atoms with Crippen LogP contribution in [0.5, 0.6) is 11.5 Å². The standard InChI is InChI=1S/C20H23NO2.C17H33N2.C9H18OSi.C7H9NO.C7H6O.2CH4.6FH.Sb/c1-23-19-14-8-6-12-17(19)21-20(15-9-3-2-4-10-15)16-11-5-7-13-18(16)22;1-3-5-7-8-9-10-11-12-14-19-16-15-18(17-19)13-6-4-2;1-11(2,3)10-9-7-5-4-6-8-9;1-9-7-5-3-2-4-6(7)8;8-6-7-4-2-1-3-5-7;;;;;;;;;/h2-4,6,8-10,12,14,16,20-21H,5,7,11,13H2,1H3;15-17H,3-14H2,1-2H3;7H,4-6,8H2,1-3H3;2-5H,8H2,1H3;1-6H;2*1H4;6*1H;/q;+1;;;;;;;;;;;;+5/p-6. The van der Waals surface area contributed by atoms with Crippen molar-refractivity contribution in [1.82, 2.24) is 4.57 Å². The van der Waals surface area contributed by atoms with Crippen molar-refractivity contribution < 1.29 is 46.8 Å². The molecule has 446 valence electrons. The molecule has 0 radical (unpaired) electrons. The van der Waals surface area contributed by atoms with Gasteiger partial charge in [-0.3, -0.25) is 9.59 Å². The second-order valence-corrected chi connectivity index (χ2v) is 27.9. The molecule has 3 N–H and O–H groups in total. The van der Waals surface area contributed by atoms with Crippen LogP contribution in [0.15, 0.2) is 140 Å². The number of benzene rings is 4. The van der Waals surface area contributed by atoms with E-state index >= 15 is 0 Å². The number of aromatic nitrogens is 2. The summed E-state index contributed by atoms with van der Waals surface area (Å²) in [6.45, 7) is 13.6. The minimum absolute atomic E-state index is 0. The Hall–Kier alpha value is -5.21. The van der Waals surface area contributed by atoms with Gasteiger partial charge in [0.2, 0.25) is 14.6 Å². The molecule has 0 amide bonds. The summed E-state index contributed by atoms with van der Waals surface area (Å²) in [5, 5.41) is 3.57. The van der Waals surface area contributed by atoms with E-state index in [4.69, 9.17) is 19.6 Å². The van der Waals surface area contributed by atoms with Gasteiger partial charge in [-0.15, -0.1) is 0 Å². The van der Waals surface area contributed by atoms with Crippen LogP contribution in [0.3, 0.4) is 0 Å². The minimum atomic E-state index is -9.19. The van der Waals surface area contributed by atoms with Gasteiger partial charge in [0.25, 0.3) is 0 Å². The van der Waals surface area contributed by atoms with Gasteiger partial charge in [-0.1, -0.05) is 165 Å². The number of nitrogens with two attached hydrogens (primary N) is 1. The van der Waals surface area contributed by atoms with Crippen molar-refractivity contribution in [1.29, 1.82) is 0 Å². The molecule has 1 heterocycles. The van der Waals surface area contributed by atoms with E-state index in [1.165, 1.54) is 109 Å². The molecule has 0 saturated heterocycles. The number of unbranched alkanes of at least 4 members (excludes halogenated alkanes) is 8. The average Bonchev–Trinajstić information content (AvgIpc) is 3.87. The number of carbonyl (C=O) groups is 2. The molecule has 0 aliphatic heterocycles. The summed E-state index contributed by atoms with van der Waals surface area (Å²) in [7, 11) is 1.96.